The Hall–Kier alpha value is -1.10. The lowest BCUT2D eigenvalue weighted by Crippen LogP contribution is -2.52. The average Bonchev–Trinajstić information content (AvgIpc) is 2.52. The van der Waals surface area contributed by atoms with Gasteiger partial charge in [-0.15, -0.1) is 0 Å². The van der Waals surface area contributed by atoms with E-state index in [1.807, 2.05) is 6.07 Å². The minimum absolute atomic E-state index is 0.305. The van der Waals surface area contributed by atoms with Crippen LogP contribution in [-0.2, 0) is 4.74 Å². The molecule has 0 aromatic heterocycles. The Balaban J connectivity index is 2.20. The molecule has 1 aromatic carbocycles. The zero-order valence-corrected chi connectivity index (χ0v) is 13.6. The molecule has 0 bridgehead atoms. The maximum absolute atomic E-state index is 5.97. The predicted octanol–water partition coefficient (Wildman–Crippen LogP) is 2.46. The van der Waals surface area contributed by atoms with Crippen LogP contribution in [-0.4, -0.2) is 50.9 Å². The van der Waals surface area contributed by atoms with E-state index in [0.29, 0.717) is 24.7 Å². The third kappa shape index (κ3) is 3.76. The van der Waals surface area contributed by atoms with E-state index in [4.69, 9.17) is 9.47 Å². The summed E-state index contributed by atoms with van der Waals surface area (Å²) in [6.45, 7) is 6.85. The molecule has 0 fully saturated rings. The highest BCUT2D eigenvalue weighted by Gasteiger charge is 2.34. The van der Waals surface area contributed by atoms with Crippen LogP contribution < -0.4 is 10.1 Å². The van der Waals surface area contributed by atoms with Gasteiger partial charge >= 0.3 is 0 Å². The molecule has 3 atom stereocenters. The summed E-state index contributed by atoms with van der Waals surface area (Å²) < 4.78 is 11.3. The lowest BCUT2D eigenvalue weighted by molar-refractivity contribution is 0.0431. The van der Waals surface area contributed by atoms with Crippen molar-refractivity contribution in [3.8, 4) is 5.75 Å². The number of fused-ring (bicyclic) bond motifs is 1. The molecule has 3 unspecified atom stereocenters. The maximum atomic E-state index is 5.97. The standard InChI is InChI=1S/C17H28N2O2/c1-5-10-18-17-14-8-6-7-9-16(14)21-12-15(17)19(3)13(2)11-20-4/h6-9,13,15,17-18H,5,10-12H2,1-4H3. The first-order valence-corrected chi connectivity index (χ1v) is 7.85. The second-order valence-corrected chi connectivity index (χ2v) is 5.82. The van der Waals surface area contributed by atoms with E-state index in [-0.39, 0.29) is 0 Å². The smallest absolute Gasteiger partial charge is 0.124 e. The molecular weight excluding hydrogens is 264 g/mol. The molecule has 0 saturated heterocycles. The van der Waals surface area contributed by atoms with Crippen LogP contribution in [0, 0.1) is 0 Å². The Morgan fingerprint density at radius 1 is 1.43 bits per heavy atom. The van der Waals surface area contributed by atoms with Crippen LogP contribution in [0.3, 0.4) is 0 Å². The van der Waals surface area contributed by atoms with E-state index >= 15 is 0 Å². The summed E-state index contributed by atoms with van der Waals surface area (Å²) in [5.74, 6) is 1.01. The largest absolute Gasteiger partial charge is 0.492 e. The SMILES string of the molecule is CCCNC1c2ccccc2OCC1N(C)C(C)COC. The summed E-state index contributed by atoms with van der Waals surface area (Å²) in [5, 5.41) is 3.69. The fraction of sp³-hybridized carbons (Fsp3) is 0.647. The van der Waals surface area contributed by atoms with Gasteiger partial charge in [0.15, 0.2) is 0 Å². The van der Waals surface area contributed by atoms with Crippen molar-refractivity contribution in [3.63, 3.8) is 0 Å². The Kier molecular flexibility index (Phi) is 6.03. The Morgan fingerprint density at radius 3 is 2.90 bits per heavy atom. The molecule has 1 aromatic rings. The van der Waals surface area contributed by atoms with Gasteiger partial charge < -0.3 is 14.8 Å². The number of ether oxygens (including phenoxy) is 2. The van der Waals surface area contributed by atoms with E-state index in [1.54, 1.807) is 7.11 Å². The zero-order valence-electron chi connectivity index (χ0n) is 13.6. The van der Waals surface area contributed by atoms with Crippen LogP contribution in [0.5, 0.6) is 5.75 Å². The van der Waals surface area contributed by atoms with Gasteiger partial charge in [-0.1, -0.05) is 25.1 Å². The summed E-state index contributed by atoms with van der Waals surface area (Å²) in [7, 11) is 3.91. The number of hydrogen-bond acceptors (Lipinski definition) is 4. The van der Waals surface area contributed by atoms with Gasteiger partial charge in [0.1, 0.15) is 12.4 Å². The van der Waals surface area contributed by atoms with Crippen molar-refractivity contribution in [3.05, 3.63) is 29.8 Å². The van der Waals surface area contributed by atoms with Crippen molar-refractivity contribution in [1.82, 2.24) is 10.2 Å². The lowest BCUT2D eigenvalue weighted by Gasteiger charge is -2.41. The molecule has 0 aliphatic carbocycles. The Bertz CT molecular complexity index is 439. The molecule has 2 rings (SSSR count). The Morgan fingerprint density at radius 2 is 2.19 bits per heavy atom. The van der Waals surface area contributed by atoms with Gasteiger partial charge in [-0.3, -0.25) is 4.90 Å². The van der Waals surface area contributed by atoms with Crippen LogP contribution in [0.15, 0.2) is 24.3 Å². The molecule has 0 amide bonds. The summed E-state index contributed by atoms with van der Waals surface area (Å²) in [4.78, 5) is 2.37. The first kappa shape index (κ1) is 16.3. The molecule has 1 heterocycles. The molecule has 21 heavy (non-hydrogen) atoms. The predicted molar refractivity (Wildman–Crippen MR) is 85.9 cm³/mol. The van der Waals surface area contributed by atoms with Gasteiger partial charge in [0.05, 0.1) is 18.7 Å². The molecule has 1 aliphatic heterocycles. The summed E-state index contributed by atoms with van der Waals surface area (Å²) in [6.07, 6.45) is 1.13. The van der Waals surface area contributed by atoms with Crippen LogP contribution in [0.4, 0.5) is 0 Å². The normalized spacial score (nSPS) is 22.7. The quantitative estimate of drug-likeness (QED) is 0.837. The molecule has 0 saturated carbocycles. The number of rotatable bonds is 7. The zero-order chi connectivity index (χ0) is 15.2. The summed E-state index contributed by atoms with van der Waals surface area (Å²) in [5.41, 5.74) is 1.26. The number of nitrogens with zero attached hydrogens (tertiary/aromatic N) is 1. The second kappa shape index (κ2) is 7.78. The van der Waals surface area contributed by atoms with E-state index < -0.39 is 0 Å². The molecule has 4 heteroatoms. The highest BCUT2D eigenvalue weighted by atomic mass is 16.5. The minimum Gasteiger partial charge on any atom is -0.492 e. The molecule has 1 aliphatic rings. The second-order valence-electron chi connectivity index (χ2n) is 5.82. The summed E-state index contributed by atoms with van der Waals surface area (Å²) in [6, 6.07) is 9.33. The van der Waals surface area contributed by atoms with Crippen molar-refractivity contribution in [2.24, 2.45) is 0 Å². The van der Waals surface area contributed by atoms with Crippen molar-refractivity contribution in [1.29, 1.82) is 0 Å². The fourth-order valence-electron chi connectivity index (χ4n) is 2.93. The van der Waals surface area contributed by atoms with Crippen molar-refractivity contribution in [2.75, 3.05) is 33.9 Å². The Labute approximate surface area is 128 Å². The third-order valence-corrected chi connectivity index (χ3v) is 4.29. The number of nitrogens with one attached hydrogen (secondary N) is 1. The molecule has 118 valence electrons. The van der Waals surface area contributed by atoms with Crippen LogP contribution in [0.25, 0.3) is 0 Å². The molecule has 1 N–H and O–H groups in total. The number of methoxy groups -OCH3 is 1. The van der Waals surface area contributed by atoms with Crippen molar-refractivity contribution >= 4 is 0 Å². The van der Waals surface area contributed by atoms with Gasteiger partial charge in [0.25, 0.3) is 0 Å². The summed E-state index contributed by atoms with van der Waals surface area (Å²) >= 11 is 0. The maximum Gasteiger partial charge on any atom is 0.124 e. The van der Waals surface area contributed by atoms with Crippen LogP contribution in [0.2, 0.25) is 0 Å². The van der Waals surface area contributed by atoms with Crippen molar-refractivity contribution < 1.29 is 9.47 Å². The average molecular weight is 292 g/mol. The number of likely N-dealkylation sites (N-methyl/N-ethyl adjacent to an activating group) is 1. The lowest BCUT2D eigenvalue weighted by atomic mass is 9.94. The first-order chi connectivity index (χ1) is 10.2. The van der Waals surface area contributed by atoms with Gasteiger partial charge in [-0.2, -0.15) is 0 Å². The van der Waals surface area contributed by atoms with Crippen LogP contribution >= 0.6 is 0 Å². The molecule has 4 nitrogen and oxygen atoms in total. The molecular formula is C17H28N2O2. The van der Waals surface area contributed by atoms with E-state index in [2.05, 4.69) is 49.3 Å². The van der Waals surface area contributed by atoms with Gasteiger partial charge in [-0.05, 0) is 33.0 Å². The minimum atomic E-state index is 0.305. The van der Waals surface area contributed by atoms with E-state index in [0.717, 1.165) is 25.3 Å². The first-order valence-electron chi connectivity index (χ1n) is 7.85. The fourth-order valence-corrected chi connectivity index (χ4v) is 2.93. The third-order valence-electron chi connectivity index (χ3n) is 4.29. The molecule has 0 radical (unpaired) electrons. The van der Waals surface area contributed by atoms with Crippen LogP contribution in [0.1, 0.15) is 31.9 Å². The number of para-hydroxylation sites is 1. The highest BCUT2D eigenvalue weighted by molar-refractivity contribution is 5.38. The topological polar surface area (TPSA) is 33.7 Å². The van der Waals surface area contributed by atoms with E-state index in [1.165, 1.54) is 5.56 Å². The van der Waals surface area contributed by atoms with Gasteiger partial charge in [0.2, 0.25) is 0 Å². The van der Waals surface area contributed by atoms with Gasteiger partial charge in [0, 0.05) is 18.7 Å². The van der Waals surface area contributed by atoms with Crippen molar-refractivity contribution in [2.45, 2.75) is 38.4 Å². The molecule has 0 spiro atoms. The number of hydrogen-bond donors (Lipinski definition) is 1. The van der Waals surface area contributed by atoms with Gasteiger partial charge in [-0.25, -0.2) is 0 Å². The monoisotopic (exact) mass is 292 g/mol. The number of benzene rings is 1. The van der Waals surface area contributed by atoms with E-state index in [9.17, 15) is 0 Å². The highest BCUT2D eigenvalue weighted by Crippen LogP contribution is 2.34.